The summed E-state index contributed by atoms with van der Waals surface area (Å²) in [5.41, 5.74) is -0.928. The van der Waals surface area contributed by atoms with E-state index >= 15 is 0 Å². The number of phenols is 1. The Hall–Kier alpha value is -2.96. The van der Waals surface area contributed by atoms with Crippen LogP contribution >= 0.6 is 0 Å². The van der Waals surface area contributed by atoms with Crippen molar-refractivity contribution < 1.29 is 27.4 Å². The lowest BCUT2D eigenvalue weighted by atomic mass is 10.0. The van der Waals surface area contributed by atoms with Crippen LogP contribution in [0.3, 0.4) is 0 Å². The van der Waals surface area contributed by atoms with Crippen molar-refractivity contribution in [1.29, 1.82) is 0 Å². The predicted octanol–water partition coefficient (Wildman–Crippen LogP) is 3.59. The fraction of sp³-hybridized carbons (Fsp3) is 0.0625. The molecule has 0 aliphatic rings. The van der Waals surface area contributed by atoms with E-state index in [1.54, 1.807) is 0 Å². The van der Waals surface area contributed by atoms with E-state index in [4.69, 9.17) is 9.15 Å². The predicted molar refractivity (Wildman–Crippen MR) is 76.0 cm³/mol. The van der Waals surface area contributed by atoms with Gasteiger partial charge in [-0.05, 0) is 23.8 Å². The molecule has 0 unspecified atom stereocenters. The van der Waals surface area contributed by atoms with Gasteiger partial charge in [-0.3, -0.25) is 0 Å². The molecule has 0 atom stereocenters. The third-order valence-corrected chi connectivity index (χ3v) is 3.34. The van der Waals surface area contributed by atoms with Gasteiger partial charge in [0.05, 0.1) is 18.1 Å². The third-order valence-electron chi connectivity index (χ3n) is 3.34. The average molecular weight is 322 g/mol. The molecule has 1 N–H and O–H groups in total. The number of hydrogen-bond donors (Lipinski definition) is 1. The average Bonchev–Trinajstić information content (AvgIpc) is 2.51. The van der Waals surface area contributed by atoms with Crippen molar-refractivity contribution in [1.82, 2.24) is 0 Å². The molecular formula is C16H9F3O4. The fourth-order valence-electron chi connectivity index (χ4n) is 2.32. The van der Waals surface area contributed by atoms with Crippen LogP contribution in [-0.4, -0.2) is 12.2 Å². The van der Waals surface area contributed by atoms with E-state index in [0.717, 1.165) is 18.2 Å². The maximum Gasteiger partial charge on any atom is 0.336 e. The van der Waals surface area contributed by atoms with Crippen LogP contribution in [0.5, 0.6) is 11.5 Å². The van der Waals surface area contributed by atoms with Gasteiger partial charge in [0, 0.05) is 12.1 Å². The lowest BCUT2D eigenvalue weighted by molar-refractivity contribution is 0.409. The zero-order chi connectivity index (χ0) is 16.7. The lowest BCUT2D eigenvalue weighted by Crippen LogP contribution is -1.99. The number of benzene rings is 2. The summed E-state index contributed by atoms with van der Waals surface area (Å²) in [7, 11) is 1.27. The SMILES string of the molecule is COc1cc(O)c2ccc(=O)oc2c1-c1cc(F)c(F)c(F)c1. The monoisotopic (exact) mass is 322 g/mol. The molecule has 0 aliphatic carbocycles. The second-order valence-electron chi connectivity index (χ2n) is 4.72. The minimum absolute atomic E-state index is 0.00904. The summed E-state index contributed by atoms with van der Waals surface area (Å²) in [6.07, 6.45) is 0. The number of methoxy groups -OCH3 is 1. The van der Waals surface area contributed by atoms with Crippen molar-refractivity contribution in [3.05, 3.63) is 58.2 Å². The number of aromatic hydroxyl groups is 1. The Morgan fingerprint density at radius 3 is 2.35 bits per heavy atom. The van der Waals surface area contributed by atoms with Gasteiger partial charge in [-0.15, -0.1) is 0 Å². The highest BCUT2D eigenvalue weighted by Crippen LogP contribution is 2.41. The van der Waals surface area contributed by atoms with Gasteiger partial charge in [0.2, 0.25) is 0 Å². The molecule has 0 spiro atoms. The number of ether oxygens (including phenoxy) is 1. The molecule has 1 heterocycles. The summed E-state index contributed by atoms with van der Waals surface area (Å²) >= 11 is 0. The first-order chi connectivity index (χ1) is 10.9. The summed E-state index contributed by atoms with van der Waals surface area (Å²) in [5.74, 6) is -4.65. The first-order valence-electron chi connectivity index (χ1n) is 6.41. The van der Waals surface area contributed by atoms with Crippen LogP contribution in [-0.2, 0) is 0 Å². The van der Waals surface area contributed by atoms with Crippen molar-refractivity contribution in [3.8, 4) is 22.6 Å². The van der Waals surface area contributed by atoms with E-state index in [0.29, 0.717) is 0 Å². The van der Waals surface area contributed by atoms with Crippen molar-refractivity contribution in [3.63, 3.8) is 0 Å². The van der Waals surface area contributed by atoms with Crippen LogP contribution in [0.15, 0.2) is 39.5 Å². The van der Waals surface area contributed by atoms with Crippen LogP contribution < -0.4 is 10.4 Å². The van der Waals surface area contributed by atoms with Crippen molar-refractivity contribution >= 4 is 11.0 Å². The smallest absolute Gasteiger partial charge is 0.336 e. The normalized spacial score (nSPS) is 11.0. The highest BCUT2D eigenvalue weighted by molar-refractivity contribution is 5.99. The molecule has 1 aromatic heterocycles. The Bertz CT molecular complexity index is 956. The maximum absolute atomic E-state index is 13.5. The molecule has 0 radical (unpaired) electrons. The fourth-order valence-corrected chi connectivity index (χ4v) is 2.32. The number of hydrogen-bond acceptors (Lipinski definition) is 4. The first-order valence-corrected chi connectivity index (χ1v) is 6.41. The van der Waals surface area contributed by atoms with E-state index in [9.17, 15) is 23.1 Å². The molecular weight excluding hydrogens is 313 g/mol. The number of fused-ring (bicyclic) bond motifs is 1. The second-order valence-corrected chi connectivity index (χ2v) is 4.72. The number of halogens is 3. The van der Waals surface area contributed by atoms with Crippen molar-refractivity contribution in [2.24, 2.45) is 0 Å². The van der Waals surface area contributed by atoms with Crippen LogP contribution in [0.4, 0.5) is 13.2 Å². The van der Waals surface area contributed by atoms with Crippen LogP contribution in [0.25, 0.3) is 22.1 Å². The van der Waals surface area contributed by atoms with E-state index in [1.807, 2.05) is 0 Å². The molecule has 3 rings (SSSR count). The minimum Gasteiger partial charge on any atom is -0.507 e. The molecule has 4 nitrogen and oxygen atoms in total. The highest BCUT2D eigenvalue weighted by Gasteiger charge is 2.20. The largest absolute Gasteiger partial charge is 0.507 e. The third kappa shape index (κ3) is 2.40. The second kappa shape index (κ2) is 5.35. The molecule has 0 bridgehead atoms. The molecule has 7 heteroatoms. The Kier molecular flexibility index (Phi) is 3.48. The first kappa shape index (κ1) is 15.0. The number of rotatable bonds is 2. The van der Waals surface area contributed by atoms with Gasteiger partial charge in [0.25, 0.3) is 0 Å². The van der Waals surface area contributed by atoms with Crippen molar-refractivity contribution in [2.45, 2.75) is 0 Å². The Morgan fingerprint density at radius 2 is 1.74 bits per heavy atom. The molecule has 0 amide bonds. The van der Waals surface area contributed by atoms with Gasteiger partial charge in [-0.1, -0.05) is 0 Å². The molecule has 0 aliphatic heterocycles. The van der Waals surface area contributed by atoms with Crippen LogP contribution in [0.2, 0.25) is 0 Å². The molecule has 0 fully saturated rings. The Labute approximate surface area is 127 Å². The van der Waals surface area contributed by atoms with Gasteiger partial charge >= 0.3 is 5.63 Å². The molecule has 3 aromatic rings. The van der Waals surface area contributed by atoms with E-state index in [1.165, 1.54) is 19.2 Å². The van der Waals surface area contributed by atoms with Crippen molar-refractivity contribution in [2.75, 3.05) is 7.11 Å². The number of phenolic OH excluding ortho intramolecular Hbond substituents is 1. The van der Waals surface area contributed by atoms with Gasteiger partial charge in [0.15, 0.2) is 23.0 Å². The summed E-state index contributed by atoms with van der Waals surface area (Å²) in [6.45, 7) is 0. The van der Waals surface area contributed by atoms with Gasteiger partial charge < -0.3 is 14.3 Å². The minimum atomic E-state index is -1.61. The molecule has 0 saturated carbocycles. The zero-order valence-electron chi connectivity index (χ0n) is 11.7. The summed E-state index contributed by atoms with van der Waals surface area (Å²) < 4.78 is 50.3. The highest BCUT2D eigenvalue weighted by atomic mass is 19.2. The molecule has 2 aromatic carbocycles. The van der Waals surface area contributed by atoms with Gasteiger partial charge in [-0.25, -0.2) is 18.0 Å². The summed E-state index contributed by atoms with van der Waals surface area (Å²) in [4.78, 5) is 11.5. The van der Waals surface area contributed by atoms with E-state index < -0.39 is 23.1 Å². The zero-order valence-corrected chi connectivity index (χ0v) is 11.7. The summed E-state index contributed by atoms with van der Waals surface area (Å²) in [5, 5.41) is 10.1. The Balaban J connectivity index is 2.47. The maximum atomic E-state index is 13.5. The quantitative estimate of drug-likeness (QED) is 0.578. The summed E-state index contributed by atoms with van der Waals surface area (Å²) in [6, 6.07) is 5.09. The Morgan fingerprint density at radius 1 is 1.09 bits per heavy atom. The van der Waals surface area contributed by atoms with Crippen LogP contribution in [0.1, 0.15) is 0 Å². The lowest BCUT2D eigenvalue weighted by Gasteiger charge is -2.13. The van der Waals surface area contributed by atoms with E-state index in [2.05, 4.69) is 0 Å². The molecule has 118 valence electrons. The topological polar surface area (TPSA) is 59.7 Å². The molecule has 23 heavy (non-hydrogen) atoms. The molecule has 0 saturated heterocycles. The van der Waals surface area contributed by atoms with Gasteiger partial charge in [-0.2, -0.15) is 0 Å². The standard InChI is InChI=1S/C16H9F3O4/c1-22-12-6-11(20)8-2-3-13(21)23-16(8)14(12)7-4-9(17)15(19)10(18)5-7/h2-6,20H,1H3. The van der Waals surface area contributed by atoms with E-state index in [-0.39, 0.29) is 33.6 Å². The van der Waals surface area contributed by atoms with Gasteiger partial charge in [0.1, 0.15) is 11.5 Å². The van der Waals surface area contributed by atoms with Crippen LogP contribution in [0, 0.1) is 17.5 Å².